The molecule has 1 unspecified atom stereocenters. The first-order valence-corrected chi connectivity index (χ1v) is 9.45. The van der Waals surface area contributed by atoms with Crippen molar-refractivity contribution in [3.63, 3.8) is 0 Å². The van der Waals surface area contributed by atoms with Crippen LogP contribution in [-0.4, -0.2) is 47.3 Å². The van der Waals surface area contributed by atoms with E-state index in [4.69, 9.17) is 4.74 Å². The molecule has 1 aromatic carbocycles. The fourth-order valence-electron chi connectivity index (χ4n) is 3.70. The maximum Gasteiger partial charge on any atom is 0.137 e. The van der Waals surface area contributed by atoms with Crippen LogP contribution in [0.2, 0.25) is 0 Å². The quantitative estimate of drug-likeness (QED) is 0.579. The predicted molar refractivity (Wildman–Crippen MR) is 110 cm³/mol. The Kier molecular flexibility index (Phi) is 6.87. The minimum atomic E-state index is -1.31. The molecular weight excluding hydrogens is 350 g/mol. The molecule has 0 saturated carbocycles. The molecule has 0 spiro atoms. The second kappa shape index (κ2) is 9.55. The van der Waals surface area contributed by atoms with Gasteiger partial charge in [0.1, 0.15) is 5.60 Å². The van der Waals surface area contributed by atoms with Crippen LogP contribution in [0, 0.1) is 0 Å². The molecule has 28 heavy (non-hydrogen) atoms. The summed E-state index contributed by atoms with van der Waals surface area (Å²) in [4.78, 5) is 10.7. The van der Waals surface area contributed by atoms with Gasteiger partial charge in [-0.3, -0.25) is 14.9 Å². The van der Waals surface area contributed by atoms with E-state index in [-0.39, 0.29) is 6.04 Å². The van der Waals surface area contributed by atoms with Gasteiger partial charge in [0, 0.05) is 56.2 Å². The van der Waals surface area contributed by atoms with Crippen LogP contribution < -0.4 is 0 Å². The average molecular weight is 377 g/mol. The SMILES string of the molecule is COCCCN(C)C(c1ccccc1)C(O)(c1cccnc1)c1cccnc1. The molecule has 0 saturated heterocycles. The third-order valence-corrected chi connectivity index (χ3v) is 5.01. The fourth-order valence-corrected chi connectivity index (χ4v) is 3.70. The second-order valence-electron chi connectivity index (χ2n) is 6.89. The van der Waals surface area contributed by atoms with Crippen LogP contribution in [0.4, 0.5) is 0 Å². The van der Waals surface area contributed by atoms with E-state index in [1.807, 2.05) is 49.5 Å². The summed E-state index contributed by atoms with van der Waals surface area (Å²) in [5.41, 5.74) is 1.18. The average Bonchev–Trinajstić information content (AvgIpc) is 2.76. The molecule has 1 N–H and O–H groups in total. The van der Waals surface area contributed by atoms with E-state index in [2.05, 4.69) is 27.0 Å². The van der Waals surface area contributed by atoms with Crippen LogP contribution in [0.3, 0.4) is 0 Å². The molecule has 0 bridgehead atoms. The number of aliphatic hydroxyl groups is 1. The number of pyridine rings is 2. The van der Waals surface area contributed by atoms with Crippen LogP contribution in [0.1, 0.15) is 29.2 Å². The minimum Gasteiger partial charge on any atom is -0.385 e. The number of hydrogen-bond donors (Lipinski definition) is 1. The molecule has 146 valence electrons. The Balaban J connectivity index is 2.14. The van der Waals surface area contributed by atoms with Crippen LogP contribution >= 0.6 is 0 Å². The topological polar surface area (TPSA) is 58.5 Å². The maximum absolute atomic E-state index is 12.2. The van der Waals surface area contributed by atoms with E-state index in [9.17, 15) is 5.11 Å². The molecule has 0 aliphatic heterocycles. The smallest absolute Gasteiger partial charge is 0.137 e. The summed E-state index contributed by atoms with van der Waals surface area (Å²) in [6.45, 7) is 1.44. The molecule has 0 aliphatic rings. The summed E-state index contributed by atoms with van der Waals surface area (Å²) in [5.74, 6) is 0. The number of ether oxygens (including phenoxy) is 1. The number of nitrogens with zero attached hydrogens (tertiary/aromatic N) is 3. The summed E-state index contributed by atoms with van der Waals surface area (Å²) in [6.07, 6.45) is 7.75. The lowest BCUT2D eigenvalue weighted by atomic mass is 9.77. The Hall–Kier alpha value is -2.60. The molecule has 0 aliphatic carbocycles. The summed E-state index contributed by atoms with van der Waals surface area (Å²) in [5, 5.41) is 12.2. The van der Waals surface area contributed by atoms with Gasteiger partial charge >= 0.3 is 0 Å². The van der Waals surface area contributed by atoms with Crippen LogP contribution in [-0.2, 0) is 10.3 Å². The van der Waals surface area contributed by atoms with Gasteiger partial charge in [0.2, 0.25) is 0 Å². The zero-order chi connectivity index (χ0) is 19.8. The first kappa shape index (κ1) is 20.1. The van der Waals surface area contributed by atoms with E-state index in [1.54, 1.807) is 31.9 Å². The molecule has 5 nitrogen and oxygen atoms in total. The van der Waals surface area contributed by atoms with Crippen molar-refractivity contribution in [2.75, 3.05) is 27.3 Å². The monoisotopic (exact) mass is 377 g/mol. The molecule has 5 heteroatoms. The van der Waals surface area contributed by atoms with Gasteiger partial charge in [-0.1, -0.05) is 42.5 Å². The maximum atomic E-state index is 12.2. The Morgan fingerprint density at radius 2 is 1.57 bits per heavy atom. The Morgan fingerprint density at radius 3 is 2.07 bits per heavy atom. The molecule has 0 fully saturated rings. The van der Waals surface area contributed by atoms with Gasteiger partial charge in [-0.2, -0.15) is 0 Å². The lowest BCUT2D eigenvalue weighted by Gasteiger charge is -2.42. The van der Waals surface area contributed by atoms with Crippen molar-refractivity contribution >= 4 is 0 Å². The number of benzene rings is 1. The molecular formula is C23H27N3O2. The number of hydrogen-bond acceptors (Lipinski definition) is 5. The minimum absolute atomic E-state index is 0.320. The molecule has 3 rings (SSSR count). The molecule has 0 amide bonds. The summed E-state index contributed by atoms with van der Waals surface area (Å²) < 4.78 is 5.22. The van der Waals surface area contributed by atoms with Gasteiger partial charge < -0.3 is 9.84 Å². The standard InChI is InChI=1S/C23H27N3O2/c1-26(15-8-16-28-2)22(19-9-4-3-5-10-19)23(27,20-11-6-13-24-17-20)21-12-7-14-25-18-21/h3-7,9-14,17-18,22,27H,8,15-16H2,1-2H3. The highest BCUT2D eigenvalue weighted by Gasteiger charge is 2.43. The first-order valence-electron chi connectivity index (χ1n) is 9.45. The number of methoxy groups -OCH3 is 1. The largest absolute Gasteiger partial charge is 0.385 e. The van der Waals surface area contributed by atoms with Crippen LogP contribution in [0.15, 0.2) is 79.4 Å². The highest BCUT2D eigenvalue weighted by molar-refractivity contribution is 5.39. The van der Waals surface area contributed by atoms with Gasteiger partial charge in [0.25, 0.3) is 0 Å². The summed E-state index contributed by atoms with van der Waals surface area (Å²) in [7, 11) is 3.74. The number of rotatable bonds is 9. The third-order valence-electron chi connectivity index (χ3n) is 5.01. The lowest BCUT2D eigenvalue weighted by Crippen LogP contribution is -2.44. The van der Waals surface area contributed by atoms with E-state index in [1.165, 1.54) is 0 Å². The van der Waals surface area contributed by atoms with E-state index in [0.29, 0.717) is 6.61 Å². The second-order valence-corrected chi connectivity index (χ2v) is 6.89. The summed E-state index contributed by atoms with van der Waals surface area (Å²) >= 11 is 0. The van der Waals surface area contributed by atoms with E-state index >= 15 is 0 Å². The Morgan fingerprint density at radius 1 is 0.964 bits per heavy atom. The molecule has 2 heterocycles. The van der Waals surface area contributed by atoms with Crippen molar-refractivity contribution < 1.29 is 9.84 Å². The normalized spacial score (nSPS) is 12.9. The van der Waals surface area contributed by atoms with Crippen molar-refractivity contribution in [2.45, 2.75) is 18.1 Å². The van der Waals surface area contributed by atoms with Crippen LogP contribution in [0.5, 0.6) is 0 Å². The molecule has 3 aromatic rings. The highest BCUT2D eigenvalue weighted by atomic mass is 16.5. The van der Waals surface area contributed by atoms with E-state index in [0.717, 1.165) is 29.7 Å². The molecule has 2 aromatic heterocycles. The van der Waals surface area contributed by atoms with Gasteiger partial charge in [0.05, 0.1) is 6.04 Å². The van der Waals surface area contributed by atoms with Gasteiger partial charge in [0.15, 0.2) is 0 Å². The van der Waals surface area contributed by atoms with Gasteiger partial charge in [-0.25, -0.2) is 0 Å². The van der Waals surface area contributed by atoms with Crippen LogP contribution in [0.25, 0.3) is 0 Å². The molecule has 1 atom stereocenters. The number of likely N-dealkylation sites (N-methyl/N-ethyl adjacent to an activating group) is 1. The van der Waals surface area contributed by atoms with Crippen molar-refractivity contribution in [1.29, 1.82) is 0 Å². The number of aromatic nitrogens is 2. The highest BCUT2D eigenvalue weighted by Crippen LogP contribution is 2.43. The Bertz CT molecular complexity index is 789. The van der Waals surface area contributed by atoms with E-state index < -0.39 is 5.60 Å². The fraction of sp³-hybridized carbons (Fsp3) is 0.304. The predicted octanol–water partition coefficient (Wildman–Crippen LogP) is 3.42. The van der Waals surface area contributed by atoms with Gasteiger partial charge in [-0.05, 0) is 31.2 Å². The Labute approximate surface area is 166 Å². The zero-order valence-electron chi connectivity index (χ0n) is 16.4. The van der Waals surface area contributed by atoms with Gasteiger partial charge in [-0.15, -0.1) is 0 Å². The van der Waals surface area contributed by atoms with Crippen molar-refractivity contribution in [3.8, 4) is 0 Å². The molecule has 0 radical (unpaired) electrons. The van der Waals surface area contributed by atoms with Crippen molar-refractivity contribution in [1.82, 2.24) is 14.9 Å². The van der Waals surface area contributed by atoms with Crippen molar-refractivity contribution in [2.24, 2.45) is 0 Å². The summed E-state index contributed by atoms with van der Waals surface area (Å²) in [6, 6.07) is 17.3. The third kappa shape index (κ3) is 4.28. The zero-order valence-corrected chi connectivity index (χ0v) is 16.4. The first-order chi connectivity index (χ1) is 13.7. The van der Waals surface area contributed by atoms with Crippen molar-refractivity contribution in [3.05, 3.63) is 96.1 Å². The lowest BCUT2D eigenvalue weighted by molar-refractivity contribution is -0.0161.